The van der Waals surface area contributed by atoms with Gasteiger partial charge in [0.15, 0.2) is 0 Å². The molecule has 1 rings (SSSR count). The summed E-state index contributed by atoms with van der Waals surface area (Å²) in [4.78, 5) is 0. The highest BCUT2D eigenvalue weighted by molar-refractivity contribution is 8.96. The Morgan fingerprint density at radius 1 is 1.40 bits per heavy atom. The van der Waals surface area contributed by atoms with E-state index >= 15 is 0 Å². The third kappa shape index (κ3) is 4.89. The molecule has 0 aliphatic rings. The molecule has 1 aromatic rings. The first-order chi connectivity index (χ1) is 6.94. The fourth-order valence-corrected chi connectivity index (χ4v) is 4.52. The first kappa shape index (κ1) is 14.2. The Labute approximate surface area is 115 Å². The minimum atomic E-state index is -1.50. The predicted molar refractivity (Wildman–Crippen MR) is 81.6 cm³/mol. The standard InChI is InChI=1S/C9H11Cl2PS3/c1-2-12(13,14)15-6-7-3-4-8(10)9(11)5-7/h3-5H,2,6H2,1H3,(H,13,14). The Hall–Kier alpha value is 1.15. The molecular formula is C9H11Cl2PS3. The lowest BCUT2D eigenvalue weighted by molar-refractivity contribution is 1.42. The van der Waals surface area contributed by atoms with Gasteiger partial charge in [0.05, 0.1) is 14.5 Å². The van der Waals surface area contributed by atoms with Gasteiger partial charge in [0.1, 0.15) is 0 Å². The van der Waals surface area contributed by atoms with Crippen LogP contribution in [0, 0.1) is 0 Å². The van der Waals surface area contributed by atoms with Crippen molar-refractivity contribution in [2.24, 2.45) is 0 Å². The summed E-state index contributed by atoms with van der Waals surface area (Å²) in [6.07, 6.45) is 0.956. The fraction of sp³-hybridized carbons (Fsp3) is 0.333. The van der Waals surface area contributed by atoms with Crippen LogP contribution in [0.3, 0.4) is 0 Å². The molecule has 1 atom stereocenters. The van der Waals surface area contributed by atoms with Crippen molar-refractivity contribution in [2.75, 3.05) is 6.16 Å². The Kier molecular flexibility index (Phi) is 5.86. The van der Waals surface area contributed by atoms with Gasteiger partial charge in [0.2, 0.25) is 0 Å². The van der Waals surface area contributed by atoms with Crippen molar-refractivity contribution in [3.8, 4) is 0 Å². The summed E-state index contributed by atoms with van der Waals surface area (Å²) in [6.45, 7) is 2.08. The van der Waals surface area contributed by atoms with E-state index in [2.05, 4.69) is 19.2 Å². The normalized spacial score (nSPS) is 14.9. The molecule has 0 spiro atoms. The fourth-order valence-electron chi connectivity index (χ4n) is 0.896. The first-order valence-electron chi connectivity index (χ1n) is 4.35. The molecular weight excluding hydrogens is 306 g/mol. The van der Waals surface area contributed by atoms with Gasteiger partial charge in [0.25, 0.3) is 0 Å². The van der Waals surface area contributed by atoms with Crippen LogP contribution in [0.2, 0.25) is 10.0 Å². The van der Waals surface area contributed by atoms with Gasteiger partial charge in [-0.05, 0) is 23.9 Å². The minimum Gasteiger partial charge on any atom is -0.131 e. The van der Waals surface area contributed by atoms with Gasteiger partial charge in [0, 0.05) is 5.75 Å². The quantitative estimate of drug-likeness (QED) is 0.576. The molecule has 0 aromatic heterocycles. The second-order valence-corrected chi connectivity index (χ2v) is 15.1. The second-order valence-electron chi connectivity index (χ2n) is 2.98. The number of thiol groups is 1. The maximum Gasteiger partial charge on any atom is 0.0595 e. The molecule has 1 aromatic carbocycles. The molecule has 0 saturated heterocycles. The Balaban J connectivity index is 2.66. The lowest BCUT2D eigenvalue weighted by Gasteiger charge is -2.12. The first-order valence-corrected chi connectivity index (χ1v) is 10.8. The van der Waals surface area contributed by atoms with Gasteiger partial charge in [-0.2, -0.15) is 0 Å². The lowest BCUT2D eigenvalue weighted by Crippen LogP contribution is -1.81. The summed E-state index contributed by atoms with van der Waals surface area (Å²) in [6, 6.07) is 5.67. The molecule has 0 saturated carbocycles. The smallest absolute Gasteiger partial charge is 0.0595 e. The van der Waals surface area contributed by atoms with Crippen LogP contribution in [0.4, 0.5) is 0 Å². The van der Waals surface area contributed by atoms with Crippen LogP contribution < -0.4 is 0 Å². The van der Waals surface area contributed by atoms with Crippen LogP contribution in [0.15, 0.2) is 18.2 Å². The van der Waals surface area contributed by atoms with Crippen LogP contribution in [-0.2, 0) is 17.6 Å². The van der Waals surface area contributed by atoms with E-state index in [0.717, 1.165) is 17.5 Å². The number of halogens is 2. The predicted octanol–water partition coefficient (Wildman–Crippen LogP) is 5.49. The van der Waals surface area contributed by atoms with Crippen molar-refractivity contribution in [3.63, 3.8) is 0 Å². The lowest BCUT2D eigenvalue weighted by atomic mass is 10.2. The van der Waals surface area contributed by atoms with Crippen molar-refractivity contribution in [1.82, 2.24) is 0 Å². The Bertz CT molecular complexity index is 395. The van der Waals surface area contributed by atoms with Crippen LogP contribution in [0.25, 0.3) is 0 Å². The topological polar surface area (TPSA) is 0 Å². The number of rotatable bonds is 4. The molecule has 0 N–H and O–H groups in total. The van der Waals surface area contributed by atoms with Crippen molar-refractivity contribution >= 4 is 63.1 Å². The van der Waals surface area contributed by atoms with Gasteiger partial charge in [-0.1, -0.05) is 48.0 Å². The highest BCUT2D eigenvalue weighted by Crippen LogP contribution is 2.63. The average Bonchev–Trinajstić information content (AvgIpc) is 2.20. The van der Waals surface area contributed by atoms with Gasteiger partial charge < -0.3 is 0 Å². The van der Waals surface area contributed by atoms with E-state index in [-0.39, 0.29) is 0 Å². The van der Waals surface area contributed by atoms with Crippen LogP contribution in [-0.4, -0.2) is 6.16 Å². The van der Waals surface area contributed by atoms with Crippen LogP contribution in [0.1, 0.15) is 12.5 Å². The minimum absolute atomic E-state index is 0.589. The summed E-state index contributed by atoms with van der Waals surface area (Å²) in [5, 5.41) is 1.19. The molecule has 0 heterocycles. The zero-order valence-electron chi connectivity index (χ0n) is 8.11. The third-order valence-electron chi connectivity index (χ3n) is 1.82. The molecule has 6 heteroatoms. The molecule has 0 nitrogen and oxygen atoms in total. The van der Waals surface area contributed by atoms with Crippen molar-refractivity contribution < 1.29 is 0 Å². The number of hydrogen-bond donors (Lipinski definition) is 1. The van der Waals surface area contributed by atoms with E-state index < -0.39 is 4.44 Å². The number of hydrogen-bond acceptors (Lipinski definition) is 2. The maximum absolute atomic E-state index is 5.92. The molecule has 84 valence electrons. The van der Waals surface area contributed by atoms with Gasteiger partial charge in [-0.25, -0.2) is 0 Å². The van der Waals surface area contributed by atoms with Crippen molar-refractivity contribution in [1.29, 1.82) is 0 Å². The van der Waals surface area contributed by atoms with E-state index in [1.807, 2.05) is 18.2 Å². The third-order valence-corrected chi connectivity index (χ3v) is 10.2. The highest BCUT2D eigenvalue weighted by atomic mass is 35.5. The molecule has 0 aliphatic carbocycles. The zero-order chi connectivity index (χ0) is 11.5. The Morgan fingerprint density at radius 2 is 2.07 bits per heavy atom. The van der Waals surface area contributed by atoms with Gasteiger partial charge in [-0.3, -0.25) is 0 Å². The highest BCUT2D eigenvalue weighted by Gasteiger charge is 2.09. The molecule has 0 amide bonds. The van der Waals surface area contributed by atoms with E-state index in [0.29, 0.717) is 10.0 Å². The SMILES string of the molecule is CCP(=S)(S)SCc1ccc(Cl)c(Cl)c1. The zero-order valence-corrected chi connectivity index (χ0v) is 13.0. The van der Waals surface area contributed by atoms with E-state index in [1.54, 1.807) is 11.4 Å². The van der Waals surface area contributed by atoms with Gasteiger partial charge in [-0.15, -0.1) is 23.6 Å². The molecule has 1 unspecified atom stereocenters. The summed E-state index contributed by atoms with van der Waals surface area (Å²) in [5.74, 6) is 0.853. The van der Waals surface area contributed by atoms with Crippen molar-refractivity contribution in [3.05, 3.63) is 33.8 Å². The summed E-state index contributed by atoms with van der Waals surface area (Å²) in [7, 11) is 0. The maximum atomic E-state index is 5.92. The van der Waals surface area contributed by atoms with Gasteiger partial charge >= 0.3 is 0 Å². The number of benzene rings is 1. The summed E-state index contributed by atoms with van der Waals surface area (Å²) >= 11 is 23.4. The van der Waals surface area contributed by atoms with Crippen molar-refractivity contribution in [2.45, 2.75) is 12.7 Å². The van der Waals surface area contributed by atoms with Crippen LogP contribution >= 0.6 is 51.3 Å². The molecule has 15 heavy (non-hydrogen) atoms. The molecule has 0 radical (unpaired) electrons. The van der Waals surface area contributed by atoms with E-state index in [1.165, 1.54) is 0 Å². The second kappa shape index (κ2) is 6.18. The molecule has 0 fully saturated rings. The van der Waals surface area contributed by atoms with E-state index in [9.17, 15) is 0 Å². The summed E-state index contributed by atoms with van der Waals surface area (Å²) in [5.41, 5.74) is 1.14. The monoisotopic (exact) mass is 316 g/mol. The summed E-state index contributed by atoms with van der Waals surface area (Å²) < 4.78 is -1.50. The Morgan fingerprint density at radius 3 is 2.60 bits per heavy atom. The molecule has 0 aliphatic heterocycles. The van der Waals surface area contributed by atoms with E-state index in [4.69, 9.17) is 35.0 Å². The molecule has 0 bridgehead atoms. The largest absolute Gasteiger partial charge is 0.131 e. The van der Waals surface area contributed by atoms with Crippen LogP contribution in [0.5, 0.6) is 0 Å². The average molecular weight is 317 g/mol.